The van der Waals surface area contributed by atoms with Crippen LogP contribution in [0.1, 0.15) is 20.8 Å². The van der Waals surface area contributed by atoms with Gasteiger partial charge in [-0.05, 0) is 35.9 Å². The van der Waals surface area contributed by atoms with E-state index in [1.165, 1.54) is 16.9 Å². The van der Waals surface area contributed by atoms with E-state index in [1.54, 1.807) is 0 Å². The van der Waals surface area contributed by atoms with Crippen LogP contribution in [0.5, 0.6) is 0 Å². The van der Waals surface area contributed by atoms with Crippen LogP contribution in [0.25, 0.3) is 0 Å². The second-order valence-electron chi connectivity index (χ2n) is 3.92. The molecule has 17 heavy (non-hydrogen) atoms. The average Bonchev–Trinajstić information content (AvgIpc) is 2.77. The van der Waals surface area contributed by atoms with Crippen LogP contribution in [-0.2, 0) is 6.42 Å². The van der Waals surface area contributed by atoms with E-state index in [0.29, 0.717) is 6.54 Å². The zero-order chi connectivity index (χ0) is 12.1. The Kier molecular flexibility index (Phi) is 3.94. The van der Waals surface area contributed by atoms with Crippen molar-refractivity contribution in [3.8, 4) is 0 Å². The number of aryl methyl sites for hydroxylation is 1. The lowest BCUT2D eigenvalue weighted by atomic mass is 10.1. The molecule has 2 nitrogen and oxygen atoms in total. The quantitative estimate of drug-likeness (QED) is 0.881. The molecular formula is C14H15NOS. The molecule has 0 aliphatic carbocycles. The van der Waals surface area contributed by atoms with Gasteiger partial charge in [-0.25, -0.2) is 0 Å². The molecule has 2 aromatic rings. The van der Waals surface area contributed by atoms with Crippen molar-refractivity contribution < 1.29 is 4.79 Å². The van der Waals surface area contributed by atoms with Gasteiger partial charge in [-0.3, -0.25) is 4.79 Å². The Morgan fingerprint density at radius 2 is 2.00 bits per heavy atom. The van der Waals surface area contributed by atoms with Crippen molar-refractivity contribution in [3.05, 3.63) is 57.8 Å². The standard InChI is InChI=1S/C14H15NOS/c1-11-8-10-17-13(11)14(16)15-9-7-12-5-3-2-4-6-12/h2-6,8,10H,7,9H2,1H3,(H,15,16). The molecule has 1 heterocycles. The molecule has 0 spiro atoms. The summed E-state index contributed by atoms with van der Waals surface area (Å²) >= 11 is 1.49. The molecule has 1 amide bonds. The minimum atomic E-state index is 0.0356. The lowest BCUT2D eigenvalue weighted by Crippen LogP contribution is -2.25. The SMILES string of the molecule is Cc1ccsc1C(=O)NCCc1ccccc1. The molecule has 0 saturated heterocycles. The average molecular weight is 245 g/mol. The Morgan fingerprint density at radius 3 is 2.65 bits per heavy atom. The van der Waals surface area contributed by atoms with Gasteiger partial charge in [0.25, 0.3) is 5.91 Å². The Hall–Kier alpha value is -1.61. The molecule has 88 valence electrons. The van der Waals surface area contributed by atoms with Gasteiger partial charge in [-0.2, -0.15) is 0 Å². The maximum atomic E-state index is 11.8. The van der Waals surface area contributed by atoms with Crippen molar-refractivity contribution in [3.63, 3.8) is 0 Å². The van der Waals surface area contributed by atoms with Crippen LogP contribution >= 0.6 is 11.3 Å². The normalized spacial score (nSPS) is 10.2. The van der Waals surface area contributed by atoms with Gasteiger partial charge in [0.2, 0.25) is 0 Å². The van der Waals surface area contributed by atoms with E-state index in [0.717, 1.165) is 16.9 Å². The number of hydrogen-bond acceptors (Lipinski definition) is 2. The van der Waals surface area contributed by atoms with Crippen LogP contribution in [-0.4, -0.2) is 12.5 Å². The molecule has 0 unspecified atom stereocenters. The highest BCUT2D eigenvalue weighted by Crippen LogP contribution is 2.14. The number of amides is 1. The number of thiophene rings is 1. The molecule has 0 atom stereocenters. The first-order valence-corrected chi connectivity index (χ1v) is 6.51. The molecule has 2 rings (SSSR count). The molecule has 0 saturated carbocycles. The van der Waals surface area contributed by atoms with E-state index in [9.17, 15) is 4.79 Å². The fourth-order valence-electron chi connectivity index (χ4n) is 1.65. The first-order chi connectivity index (χ1) is 8.27. The summed E-state index contributed by atoms with van der Waals surface area (Å²) in [5.41, 5.74) is 2.29. The second-order valence-corrected chi connectivity index (χ2v) is 4.84. The number of hydrogen-bond donors (Lipinski definition) is 1. The molecule has 0 radical (unpaired) electrons. The maximum Gasteiger partial charge on any atom is 0.261 e. The van der Waals surface area contributed by atoms with E-state index in [2.05, 4.69) is 17.4 Å². The summed E-state index contributed by atoms with van der Waals surface area (Å²) in [4.78, 5) is 12.6. The highest BCUT2D eigenvalue weighted by atomic mass is 32.1. The van der Waals surface area contributed by atoms with Gasteiger partial charge in [-0.15, -0.1) is 11.3 Å². The monoisotopic (exact) mass is 245 g/mol. The fourth-order valence-corrected chi connectivity index (χ4v) is 2.49. The number of carbonyl (C=O) groups is 1. The molecule has 0 fully saturated rings. The minimum Gasteiger partial charge on any atom is -0.351 e. The number of benzene rings is 1. The van der Waals surface area contributed by atoms with E-state index in [-0.39, 0.29) is 5.91 Å². The number of carbonyl (C=O) groups excluding carboxylic acids is 1. The van der Waals surface area contributed by atoms with Gasteiger partial charge in [0, 0.05) is 6.54 Å². The van der Waals surface area contributed by atoms with Crippen LogP contribution in [0.3, 0.4) is 0 Å². The van der Waals surface area contributed by atoms with Crippen LogP contribution in [0.2, 0.25) is 0 Å². The summed E-state index contributed by atoms with van der Waals surface area (Å²) in [7, 11) is 0. The number of rotatable bonds is 4. The summed E-state index contributed by atoms with van der Waals surface area (Å²) < 4.78 is 0. The third-order valence-electron chi connectivity index (χ3n) is 2.61. The second kappa shape index (κ2) is 5.64. The molecule has 0 aliphatic heterocycles. The topological polar surface area (TPSA) is 29.1 Å². The van der Waals surface area contributed by atoms with Gasteiger partial charge in [0.15, 0.2) is 0 Å². The Bertz CT molecular complexity index is 490. The van der Waals surface area contributed by atoms with Crippen LogP contribution in [0.15, 0.2) is 41.8 Å². The summed E-state index contributed by atoms with van der Waals surface area (Å²) in [6, 6.07) is 12.1. The summed E-state index contributed by atoms with van der Waals surface area (Å²) in [5.74, 6) is 0.0356. The molecule has 1 aromatic heterocycles. The number of nitrogens with one attached hydrogen (secondary N) is 1. The molecule has 0 aliphatic rings. The molecule has 3 heteroatoms. The minimum absolute atomic E-state index is 0.0356. The molecular weight excluding hydrogens is 230 g/mol. The summed E-state index contributed by atoms with van der Waals surface area (Å²) in [6.07, 6.45) is 0.872. The van der Waals surface area contributed by atoms with Gasteiger partial charge >= 0.3 is 0 Å². The first kappa shape index (κ1) is 11.9. The van der Waals surface area contributed by atoms with Gasteiger partial charge in [0.05, 0.1) is 4.88 Å². The van der Waals surface area contributed by atoms with Crippen molar-refractivity contribution in [2.75, 3.05) is 6.54 Å². The van der Waals surface area contributed by atoms with E-state index in [1.807, 2.05) is 36.6 Å². The first-order valence-electron chi connectivity index (χ1n) is 5.63. The Labute approximate surface area is 105 Å². The zero-order valence-corrected chi connectivity index (χ0v) is 10.6. The van der Waals surface area contributed by atoms with E-state index >= 15 is 0 Å². The predicted octanol–water partition coefficient (Wildman–Crippen LogP) is 3.03. The third kappa shape index (κ3) is 3.17. The fraction of sp³-hybridized carbons (Fsp3) is 0.214. The van der Waals surface area contributed by atoms with Crippen molar-refractivity contribution in [1.29, 1.82) is 0 Å². The molecule has 1 aromatic carbocycles. The highest BCUT2D eigenvalue weighted by Gasteiger charge is 2.08. The lowest BCUT2D eigenvalue weighted by molar-refractivity contribution is 0.0957. The van der Waals surface area contributed by atoms with Gasteiger partial charge < -0.3 is 5.32 Å². The Balaban J connectivity index is 1.84. The summed E-state index contributed by atoms with van der Waals surface area (Å²) in [6.45, 7) is 2.64. The largest absolute Gasteiger partial charge is 0.351 e. The molecule has 0 bridgehead atoms. The Morgan fingerprint density at radius 1 is 1.24 bits per heavy atom. The van der Waals surface area contributed by atoms with Crippen LogP contribution in [0, 0.1) is 6.92 Å². The van der Waals surface area contributed by atoms with Crippen LogP contribution in [0.4, 0.5) is 0 Å². The van der Waals surface area contributed by atoms with Gasteiger partial charge in [0.1, 0.15) is 0 Å². The van der Waals surface area contributed by atoms with Gasteiger partial charge in [-0.1, -0.05) is 30.3 Å². The summed E-state index contributed by atoms with van der Waals surface area (Å²) in [5, 5.41) is 4.89. The highest BCUT2D eigenvalue weighted by molar-refractivity contribution is 7.12. The lowest BCUT2D eigenvalue weighted by Gasteiger charge is -2.04. The smallest absolute Gasteiger partial charge is 0.261 e. The predicted molar refractivity (Wildman–Crippen MR) is 71.5 cm³/mol. The zero-order valence-electron chi connectivity index (χ0n) is 9.77. The van der Waals surface area contributed by atoms with Crippen molar-refractivity contribution in [2.24, 2.45) is 0 Å². The van der Waals surface area contributed by atoms with Crippen molar-refractivity contribution in [2.45, 2.75) is 13.3 Å². The van der Waals surface area contributed by atoms with Crippen LogP contribution < -0.4 is 5.32 Å². The van der Waals surface area contributed by atoms with E-state index in [4.69, 9.17) is 0 Å². The van der Waals surface area contributed by atoms with Crippen molar-refractivity contribution >= 4 is 17.2 Å². The molecule has 1 N–H and O–H groups in total. The third-order valence-corrected chi connectivity index (χ3v) is 3.63. The van der Waals surface area contributed by atoms with Crippen molar-refractivity contribution in [1.82, 2.24) is 5.32 Å². The maximum absolute atomic E-state index is 11.8. The van der Waals surface area contributed by atoms with E-state index < -0.39 is 0 Å².